The SMILES string of the molecule is O=c1c2n[nH]c(=S)n2ccn1-c1ccc(Cl)cc1. The molecule has 1 N–H and O–H groups in total. The summed E-state index contributed by atoms with van der Waals surface area (Å²) in [5.74, 6) is 0. The van der Waals surface area contributed by atoms with Gasteiger partial charge in [0.1, 0.15) is 0 Å². The second kappa shape index (κ2) is 4.08. The molecule has 0 aliphatic rings. The second-order valence-electron chi connectivity index (χ2n) is 3.67. The van der Waals surface area contributed by atoms with Crippen LogP contribution >= 0.6 is 23.8 Å². The predicted octanol–water partition coefficient (Wildman–Crippen LogP) is 2.20. The highest BCUT2D eigenvalue weighted by Gasteiger charge is 2.06. The Kier molecular flexibility index (Phi) is 2.53. The minimum atomic E-state index is -0.243. The molecule has 0 bridgehead atoms. The molecule has 2 heterocycles. The molecule has 18 heavy (non-hydrogen) atoms. The molecule has 0 atom stereocenters. The Bertz CT molecular complexity index is 831. The zero-order chi connectivity index (χ0) is 12.7. The summed E-state index contributed by atoms with van der Waals surface area (Å²) in [4.78, 5) is 12.2. The fourth-order valence-corrected chi connectivity index (χ4v) is 2.03. The van der Waals surface area contributed by atoms with Gasteiger partial charge in [-0.1, -0.05) is 11.6 Å². The summed E-state index contributed by atoms with van der Waals surface area (Å²) >= 11 is 10.8. The molecule has 90 valence electrons. The monoisotopic (exact) mass is 278 g/mol. The largest absolute Gasteiger partial charge is 0.300 e. The first-order valence-electron chi connectivity index (χ1n) is 5.11. The number of rotatable bonds is 1. The summed E-state index contributed by atoms with van der Waals surface area (Å²) < 4.78 is 3.41. The fourth-order valence-electron chi connectivity index (χ4n) is 1.71. The normalized spacial score (nSPS) is 10.9. The van der Waals surface area contributed by atoms with Gasteiger partial charge in [-0.05, 0) is 36.5 Å². The van der Waals surface area contributed by atoms with E-state index in [9.17, 15) is 4.79 Å². The summed E-state index contributed by atoms with van der Waals surface area (Å²) in [5.41, 5.74) is 0.741. The topological polar surface area (TPSA) is 55.1 Å². The number of aromatic nitrogens is 4. The van der Waals surface area contributed by atoms with Crippen molar-refractivity contribution in [1.82, 2.24) is 19.2 Å². The van der Waals surface area contributed by atoms with Gasteiger partial charge in [0, 0.05) is 23.1 Å². The number of halogens is 1. The third-order valence-corrected chi connectivity index (χ3v) is 3.12. The molecule has 0 radical (unpaired) electrons. The van der Waals surface area contributed by atoms with E-state index < -0.39 is 0 Å². The minimum absolute atomic E-state index is 0.243. The number of fused-ring (bicyclic) bond motifs is 1. The van der Waals surface area contributed by atoms with Crippen LogP contribution in [0.1, 0.15) is 0 Å². The molecular weight excluding hydrogens is 272 g/mol. The Labute approximate surface area is 111 Å². The number of hydrogen-bond acceptors (Lipinski definition) is 3. The number of nitrogens with one attached hydrogen (secondary N) is 1. The minimum Gasteiger partial charge on any atom is -0.280 e. The van der Waals surface area contributed by atoms with Crippen molar-refractivity contribution in [2.45, 2.75) is 0 Å². The Balaban J connectivity index is 2.30. The molecule has 1 aromatic carbocycles. The zero-order valence-electron chi connectivity index (χ0n) is 9.00. The van der Waals surface area contributed by atoms with Crippen LogP contribution in [0.15, 0.2) is 41.5 Å². The Morgan fingerprint density at radius 3 is 2.67 bits per heavy atom. The first-order valence-corrected chi connectivity index (χ1v) is 5.90. The quantitative estimate of drug-likeness (QED) is 0.694. The van der Waals surface area contributed by atoms with Crippen molar-refractivity contribution < 1.29 is 0 Å². The highest BCUT2D eigenvalue weighted by atomic mass is 35.5. The van der Waals surface area contributed by atoms with Crippen LogP contribution in [0.5, 0.6) is 0 Å². The van der Waals surface area contributed by atoms with Crippen LogP contribution in [0.25, 0.3) is 11.3 Å². The first-order chi connectivity index (χ1) is 8.66. The molecule has 0 aliphatic carbocycles. The van der Waals surface area contributed by atoms with Gasteiger partial charge < -0.3 is 0 Å². The van der Waals surface area contributed by atoms with E-state index in [2.05, 4.69) is 10.2 Å². The third kappa shape index (κ3) is 1.66. The maximum absolute atomic E-state index is 12.2. The number of aromatic amines is 1. The van der Waals surface area contributed by atoms with E-state index in [1.54, 1.807) is 36.7 Å². The van der Waals surface area contributed by atoms with E-state index in [1.165, 1.54) is 8.97 Å². The molecule has 3 aromatic rings. The number of hydrogen-bond donors (Lipinski definition) is 1. The van der Waals surface area contributed by atoms with Crippen LogP contribution in [0, 0.1) is 4.77 Å². The van der Waals surface area contributed by atoms with Gasteiger partial charge in [0.15, 0.2) is 4.77 Å². The van der Waals surface area contributed by atoms with Crippen LogP contribution in [-0.4, -0.2) is 19.2 Å². The molecule has 0 fully saturated rings. The predicted molar refractivity (Wildman–Crippen MR) is 71.0 cm³/mol. The van der Waals surface area contributed by atoms with Crippen LogP contribution in [-0.2, 0) is 0 Å². The Hall–Kier alpha value is -1.92. The maximum atomic E-state index is 12.2. The number of H-pyrrole nitrogens is 1. The van der Waals surface area contributed by atoms with Crippen molar-refractivity contribution >= 4 is 29.5 Å². The summed E-state index contributed by atoms with van der Waals surface area (Å²) in [6.07, 6.45) is 3.33. The van der Waals surface area contributed by atoms with E-state index in [4.69, 9.17) is 23.8 Å². The van der Waals surface area contributed by atoms with Crippen molar-refractivity contribution in [3.8, 4) is 5.69 Å². The van der Waals surface area contributed by atoms with Gasteiger partial charge in [-0.15, -0.1) is 5.10 Å². The summed E-state index contributed by atoms with van der Waals surface area (Å²) in [6, 6.07) is 6.98. The molecule has 3 rings (SSSR count). The van der Waals surface area contributed by atoms with E-state index in [1.807, 2.05) is 0 Å². The van der Waals surface area contributed by atoms with Crippen molar-refractivity contribution in [3.05, 3.63) is 56.8 Å². The lowest BCUT2D eigenvalue weighted by Crippen LogP contribution is -2.19. The van der Waals surface area contributed by atoms with Gasteiger partial charge in [-0.3, -0.25) is 18.9 Å². The van der Waals surface area contributed by atoms with E-state index in [0.29, 0.717) is 9.79 Å². The first kappa shape index (κ1) is 11.2. The Morgan fingerprint density at radius 2 is 1.94 bits per heavy atom. The molecule has 0 saturated carbocycles. The lowest BCUT2D eigenvalue weighted by molar-refractivity contribution is 0.947. The van der Waals surface area contributed by atoms with Crippen LogP contribution in [0.4, 0.5) is 0 Å². The smallest absolute Gasteiger partial charge is 0.280 e. The molecule has 0 spiro atoms. The molecule has 2 aromatic heterocycles. The zero-order valence-corrected chi connectivity index (χ0v) is 10.6. The van der Waals surface area contributed by atoms with Gasteiger partial charge >= 0.3 is 5.56 Å². The van der Waals surface area contributed by atoms with E-state index in [-0.39, 0.29) is 11.2 Å². The maximum Gasteiger partial charge on any atom is 0.300 e. The van der Waals surface area contributed by atoms with Gasteiger partial charge in [0.25, 0.3) is 0 Å². The second-order valence-corrected chi connectivity index (χ2v) is 4.50. The van der Waals surface area contributed by atoms with E-state index >= 15 is 0 Å². The summed E-state index contributed by atoms with van der Waals surface area (Å²) in [7, 11) is 0. The highest BCUT2D eigenvalue weighted by Crippen LogP contribution is 2.12. The Morgan fingerprint density at radius 1 is 1.22 bits per heavy atom. The number of nitrogens with zero attached hydrogens (tertiary/aromatic N) is 3. The molecular formula is C11H7ClN4OS. The van der Waals surface area contributed by atoms with Crippen LogP contribution in [0.3, 0.4) is 0 Å². The average Bonchev–Trinajstić information content (AvgIpc) is 2.74. The fraction of sp³-hybridized carbons (Fsp3) is 0. The van der Waals surface area contributed by atoms with Gasteiger partial charge in [0.05, 0.1) is 0 Å². The average molecular weight is 279 g/mol. The molecule has 0 amide bonds. The van der Waals surface area contributed by atoms with Gasteiger partial charge in [-0.2, -0.15) is 0 Å². The molecule has 0 saturated heterocycles. The van der Waals surface area contributed by atoms with Crippen molar-refractivity contribution in [1.29, 1.82) is 0 Å². The standard InChI is InChI=1S/C11H7ClN4OS/c12-7-1-3-8(4-2-7)15-5-6-16-9(10(15)17)13-14-11(16)18/h1-6H,(H,14,18). The van der Waals surface area contributed by atoms with Crippen molar-refractivity contribution in [2.75, 3.05) is 0 Å². The van der Waals surface area contributed by atoms with Crippen LogP contribution in [0.2, 0.25) is 5.02 Å². The molecule has 0 aliphatic heterocycles. The summed E-state index contributed by atoms with van der Waals surface area (Å²) in [6.45, 7) is 0. The molecule has 7 heteroatoms. The van der Waals surface area contributed by atoms with E-state index in [0.717, 1.165) is 5.69 Å². The number of benzene rings is 1. The molecule has 0 unspecified atom stereocenters. The molecule has 5 nitrogen and oxygen atoms in total. The van der Waals surface area contributed by atoms with Crippen LogP contribution < -0.4 is 5.56 Å². The van der Waals surface area contributed by atoms with Crippen molar-refractivity contribution in [2.24, 2.45) is 0 Å². The lowest BCUT2D eigenvalue weighted by atomic mass is 10.3. The van der Waals surface area contributed by atoms with Gasteiger partial charge in [-0.25, -0.2) is 0 Å². The summed E-state index contributed by atoms with van der Waals surface area (Å²) in [5, 5.41) is 7.11. The third-order valence-electron chi connectivity index (χ3n) is 2.58. The van der Waals surface area contributed by atoms with Crippen molar-refractivity contribution in [3.63, 3.8) is 0 Å². The van der Waals surface area contributed by atoms with Gasteiger partial charge in [0.2, 0.25) is 5.65 Å². The lowest BCUT2D eigenvalue weighted by Gasteiger charge is -2.05. The highest BCUT2D eigenvalue weighted by molar-refractivity contribution is 7.71.